The first kappa shape index (κ1) is 39.8. The fraction of sp³-hybridized carbons (Fsp3) is 0.533. The molecule has 0 unspecified atom stereocenters. The predicted octanol–water partition coefficient (Wildman–Crippen LogP) is 12.7. The summed E-state index contributed by atoms with van der Waals surface area (Å²) < 4.78 is 0. The summed E-state index contributed by atoms with van der Waals surface area (Å²) >= 11 is 0. The zero-order valence-corrected chi connectivity index (χ0v) is 31.7. The number of aromatic hydroxyl groups is 3. The van der Waals surface area contributed by atoms with E-state index in [4.69, 9.17) is 15.0 Å². The molecule has 0 spiro atoms. The van der Waals surface area contributed by atoms with Gasteiger partial charge in [-0.25, -0.2) is 15.0 Å². The van der Waals surface area contributed by atoms with E-state index in [0.717, 1.165) is 55.2 Å². The molecule has 0 atom stereocenters. The molecule has 0 radical (unpaired) electrons. The van der Waals surface area contributed by atoms with Crippen molar-refractivity contribution in [1.82, 2.24) is 15.0 Å². The minimum Gasteiger partial charge on any atom is -0.507 e. The number of hydrogen-bond acceptors (Lipinski definition) is 6. The van der Waals surface area contributed by atoms with Gasteiger partial charge in [0, 0.05) is 0 Å². The third-order valence-corrected chi connectivity index (χ3v) is 10.0. The van der Waals surface area contributed by atoms with Crippen LogP contribution in [0.15, 0.2) is 54.6 Å². The van der Waals surface area contributed by atoms with Crippen LogP contribution in [0.3, 0.4) is 0 Å². The van der Waals surface area contributed by atoms with Crippen LogP contribution in [0.5, 0.6) is 17.2 Å². The zero-order chi connectivity index (χ0) is 36.3. The molecule has 6 heteroatoms. The number of nitrogens with zero attached hydrogens (tertiary/aromatic N) is 3. The molecule has 4 aromatic rings. The third-order valence-electron chi connectivity index (χ3n) is 10.0. The smallest absolute Gasteiger partial charge is 0.167 e. The van der Waals surface area contributed by atoms with Gasteiger partial charge in [-0.15, -0.1) is 0 Å². The molecule has 6 nitrogen and oxygen atoms in total. The molecule has 3 aromatic carbocycles. The zero-order valence-electron chi connectivity index (χ0n) is 31.7. The van der Waals surface area contributed by atoms with Crippen molar-refractivity contribution < 1.29 is 15.3 Å². The largest absolute Gasteiger partial charge is 0.507 e. The van der Waals surface area contributed by atoms with Crippen LogP contribution < -0.4 is 0 Å². The summed E-state index contributed by atoms with van der Waals surface area (Å²) in [7, 11) is 0. The van der Waals surface area contributed by atoms with Gasteiger partial charge in [-0.3, -0.25) is 0 Å². The van der Waals surface area contributed by atoms with Gasteiger partial charge in [-0.1, -0.05) is 135 Å². The van der Waals surface area contributed by atoms with Gasteiger partial charge in [0.2, 0.25) is 0 Å². The van der Waals surface area contributed by atoms with E-state index in [0.29, 0.717) is 34.2 Å². The predicted molar refractivity (Wildman–Crippen MR) is 212 cm³/mol. The summed E-state index contributed by atoms with van der Waals surface area (Å²) in [6.45, 7) is 6.69. The van der Waals surface area contributed by atoms with Crippen LogP contribution in [0.2, 0.25) is 0 Å². The van der Waals surface area contributed by atoms with E-state index in [1.165, 1.54) is 96.3 Å². The van der Waals surface area contributed by atoms with Gasteiger partial charge in [0.05, 0.1) is 16.7 Å². The van der Waals surface area contributed by atoms with Crippen LogP contribution in [0.4, 0.5) is 0 Å². The number of hydrogen-bond donors (Lipinski definition) is 3. The molecule has 3 N–H and O–H groups in total. The topological polar surface area (TPSA) is 99.4 Å². The molecule has 4 rings (SSSR count). The highest BCUT2D eigenvalue weighted by atomic mass is 16.3. The lowest BCUT2D eigenvalue weighted by atomic mass is 10.0. The van der Waals surface area contributed by atoms with Crippen molar-refractivity contribution in [3.05, 3.63) is 71.3 Å². The van der Waals surface area contributed by atoms with E-state index in [2.05, 4.69) is 20.8 Å². The number of rotatable bonds is 24. The number of phenolic OH excluding ortho intramolecular Hbond substituents is 3. The molecule has 0 aliphatic carbocycles. The van der Waals surface area contributed by atoms with Crippen molar-refractivity contribution >= 4 is 0 Å². The molecule has 0 aliphatic heterocycles. The first-order chi connectivity index (χ1) is 24.9. The second-order valence-electron chi connectivity index (χ2n) is 14.4. The fourth-order valence-electron chi connectivity index (χ4n) is 6.83. The second kappa shape index (κ2) is 22.1. The van der Waals surface area contributed by atoms with Crippen LogP contribution >= 0.6 is 0 Å². The first-order valence-corrected chi connectivity index (χ1v) is 20.2. The monoisotopic (exact) mass is 693 g/mol. The lowest BCUT2D eigenvalue weighted by Gasteiger charge is -2.13. The molecule has 51 heavy (non-hydrogen) atoms. The fourth-order valence-corrected chi connectivity index (χ4v) is 6.83. The summed E-state index contributed by atoms with van der Waals surface area (Å²) in [6.07, 6.45) is 24.7. The van der Waals surface area contributed by atoms with Crippen LogP contribution in [-0.4, -0.2) is 30.3 Å². The quantitative estimate of drug-likeness (QED) is 0.0632. The molecular weight excluding hydrogens is 631 g/mol. The molecule has 0 bridgehead atoms. The van der Waals surface area contributed by atoms with Gasteiger partial charge < -0.3 is 15.3 Å². The average molecular weight is 694 g/mol. The third kappa shape index (κ3) is 13.0. The minimum absolute atomic E-state index is 0.110. The van der Waals surface area contributed by atoms with E-state index < -0.39 is 0 Å². The van der Waals surface area contributed by atoms with Crippen molar-refractivity contribution in [2.75, 3.05) is 0 Å². The molecule has 1 heterocycles. The molecule has 1 aromatic heterocycles. The number of aromatic nitrogens is 3. The lowest BCUT2D eigenvalue weighted by Crippen LogP contribution is -2.01. The van der Waals surface area contributed by atoms with E-state index >= 15 is 0 Å². The van der Waals surface area contributed by atoms with E-state index in [9.17, 15) is 15.3 Å². The molecule has 0 amide bonds. The van der Waals surface area contributed by atoms with E-state index in [1.807, 2.05) is 54.6 Å². The van der Waals surface area contributed by atoms with Gasteiger partial charge in [0.25, 0.3) is 0 Å². The SMILES string of the molecule is CCCCCCCCc1ccc(-c2nc(-c3ccc(CCCCCCCC)cc3O)nc(-c3ccc(CCCCCCCC)cc3O)n2)c(O)c1. The van der Waals surface area contributed by atoms with Crippen LogP contribution in [0.1, 0.15) is 153 Å². The summed E-state index contributed by atoms with van der Waals surface area (Å²) in [5.41, 5.74) is 4.72. The lowest BCUT2D eigenvalue weighted by molar-refractivity contribution is 0.475. The van der Waals surface area contributed by atoms with Crippen LogP contribution in [0.25, 0.3) is 34.2 Å². The highest BCUT2D eigenvalue weighted by Gasteiger charge is 2.19. The van der Waals surface area contributed by atoms with Crippen molar-refractivity contribution in [1.29, 1.82) is 0 Å². The molecule has 0 aliphatic rings. The van der Waals surface area contributed by atoms with Crippen LogP contribution in [-0.2, 0) is 19.3 Å². The highest BCUT2D eigenvalue weighted by molar-refractivity contribution is 5.74. The standard InChI is InChI=1S/C45H63N3O3/c1-4-7-10-13-16-19-22-34-25-28-37(40(49)31-34)43-46-44(38-29-26-35(32-41(38)50)23-20-17-14-11-8-5-2)48-45(47-43)39-30-27-36(33-42(39)51)24-21-18-15-12-9-6-3/h25-33,49-51H,4-24H2,1-3H3. The van der Waals surface area contributed by atoms with Crippen molar-refractivity contribution in [3.63, 3.8) is 0 Å². The van der Waals surface area contributed by atoms with Crippen LogP contribution in [0, 0.1) is 0 Å². The van der Waals surface area contributed by atoms with Gasteiger partial charge in [0.1, 0.15) is 17.2 Å². The van der Waals surface area contributed by atoms with Gasteiger partial charge in [-0.05, 0) is 91.6 Å². The van der Waals surface area contributed by atoms with Gasteiger partial charge in [-0.2, -0.15) is 0 Å². The van der Waals surface area contributed by atoms with Crippen molar-refractivity contribution in [2.45, 2.75) is 156 Å². The molecule has 276 valence electrons. The Bertz CT molecular complexity index is 1420. The first-order valence-electron chi connectivity index (χ1n) is 20.2. The Morgan fingerprint density at radius 3 is 0.863 bits per heavy atom. The Hall–Kier alpha value is -3.93. The Balaban J connectivity index is 1.59. The number of phenols is 3. The maximum absolute atomic E-state index is 11.2. The molecule has 0 saturated carbocycles. The maximum Gasteiger partial charge on any atom is 0.167 e. The summed E-state index contributed by atoms with van der Waals surface area (Å²) in [5.74, 6) is 1.22. The molecular formula is C45H63N3O3. The molecule has 0 fully saturated rings. The summed E-state index contributed by atoms with van der Waals surface area (Å²) in [6, 6.07) is 17.2. The Morgan fingerprint density at radius 1 is 0.353 bits per heavy atom. The molecule has 0 saturated heterocycles. The van der Waals surface area contributed by atoms with Gasteiger partial charge in [0.15, 0.2) is 17.5 Å². The minimum atomic E-state index is 0.110. The number of aryl methyl sites for hydroxylation is 3. The van der Waals surface area contributed by atoms with Crippen molar-refractivity contribution in [2.24, 2.45) is 0 Å². The van der Waals surface area contributed by atoms with Gasteiger partial charge >= 0.3 is 0 Å². The van der Waals surface area contributed by atoms with E-state index in [1.54, 1.807) is 0 Å². The number of benzene rings is 3. The number of unbranched alkanes of at least 4 members (excludes halogenated alkanes) is 15. The Labute approximate surface area is 307 Å². The maximum atomic E-state index is 11.2. The second-order valence-corrected chi connectivity index (χ2v) is 14.4. The highest BCUT2D eigenvalue weighted by Crippen LogP contribution is 2.36. The Morgan fingerprint density at radius 2 is 0.608 bits per heavy atom. The van der Waals surface area contributed by atoms with E-state index in [-0.39, 0.29) is 17.2 Å². The Kier molecular flexibility index (Phi) is 17.3. The summed E-state index contributed by atoms with van der Waals surface area (Å²) in [4.78, 5) is 14.3. The van der Waals surface area contributed by atoms with Crippen molar-refractivity contribution in [3.8, 4) is 51.4 Å². The normalized spacial score (nSPS) is 11.4. The average Bonchev–Trinajstić information content (AvgIpc) is 3.12. The summed E-state index contributed by atoms with van der Waals surface area (Å²) in [5, 5.41) is 33.7.